The van der Waals surface area contributed by atoms with Crippen molar-refractivity contribution in [3.05, 3.63) is 0 Å². The summed E-state index contributed by atoms with van der Waals surface area (Å²) in [7, 11) is 0. The molecule has 2 radical (unpaired) electrons. The molecule has 2 amide bonds. The molecule has 0 heterocycles. The Morgan fingerprint density at radius 2 is 1.10 bits per heavy atom. The van der Waals surface area contributed by atoms with Gasteiger partial charge in [-0.2, -0.15) is 0 Å². The topological polar surface area (TPSA) is 86.2 Å². The predicted molar refractivity (Wildman–Crippen MR) is 48.8 cm³/mol. The fourth-order valence-corrected chi connectivity index (χ4v) is 0. The number of carbonyl (C=O) groups excluding carboxylic acids is 2. The van der Waals surface area contributed by atoms with E-state index in [0.29, 0.717) is 0 Å². The number of nitrogens with two attached hydrogens (primary N) is 2. The van der Waals surface area contributed by atoms with Gasteiger partial charge in [-0.15, -0.1) is 0 Å². The van der Waals surface area contributed by atoms with Crippen LogP contribution in [0.3, 0.4) is 0 Å². The fourth-order valence-electron chi connectivity index (χ4n) is 0. The second kappa shape index (κ2) is 16.2. The Morgan fingerprint density at radius 1 is 1.10 bits per heavy atom. The molecular formula is C3H9N2O2S2Sb. The Bertz CT molecular complexity index is 80.5. The van der Waals surface area contributed by atoms with Crippen molar-refractivity contribution in [3.63, 3.8) is 0 Å². The molecule has 0 unspecified atom stereocenters. The second-order valence-electron chi connectivity index (χ2n) is 0.676. The van der Waals surface area contributed by atoms with Crippen molar-refractivity contribution >= 4 is 58.8 Å². The van der Waals surface area contributed by atoms with Gasteiger partial charge < -0.3 is 11.5 Å². The minimum atomic E-state index is -0.639. The first kappa shape index (κ1) is 16.8. The zero-order valence-electron chi connectivity index (χ0n) is 5.31. The van der Waals surface area contributed by atoms with Crippen LogP contribution in [0.5, 0.6) is 0 Å². The van der Waals surface area contributed by atoms with Gasteiger partial charge in [-0.1, -0.05) is 25.3 Å². The van der Waals surface area contributed by atoms with E-state index in [9.17, 15) is 0 Å². The van der Waals surface area contributed by atoms with Gasteiger partial charge in [-0.25, -0.2) is 0 Å². The third kappa shape index (κ3) is 2240. The van der Waals surface area contributed by atoms with E-state index in [0.717, 1.165) is 0 Å². The van der Waals surface area contributed by atoms with Gasteiger partial charge in [-0.05, 0) is 0 Å². The molecule has 7 heteroatoms. The van der Waals surface area contributed by atoms with Crippen LogP contribution in [0, 0.1) is 0 Å². The first-order chi connectivity index (χ1) is 4.46. The number of rotatable bonds is 0. The molecule has 0 saturated heterocycles. The summed E-state index contributed by atoms with van der Waals surface area (Å²) in [5, 5.41) is -1.28. The van der Waals surface area contributed by atoms with E-state index in [-0.39, 0.29) is 0 Å². The summed E-state index contributed by atoms with van der Waals surface area (Å²) in [6.45, 7) is 0. The van der Waals surface area contributed by atoms with Crippen molar-refractivity contribution in [2.45, 2.75) is 4.87 Å². The Labute approximate surface area is 84.4 Å². The second-order valence-corrected chi connectivity index (χ2v) is 1.56. The van der Waals surface area contributed by atoms with Gasteiger partial charge >= 0.3 is 27.9 Å². The Kier molecular flexibility index (Phi) is 27.3. The third-order valence-corrected chi connectivity index (χ3v) is 0. The van der Waals surface area contributed by atoms with E-state index < -0.39 is 10.5 Å². The third-order valence-electron chi connectivity index (χ3n) is 0. The van der Waals surface area contributed by atoms with Gasteiger partial charge in [0.15, 0.2) is 0 Å². The molecule has 10 heavy (non-hydrogen) atoms. The minimum absolute atomic E-state index is 0.639. The van der Waals surface area contributed by atoms with Crippen LogP contribution in [0.1, 0.15) is 0 Å². The van der Waals surface area contributed by atoms with E-state index in [2.05, 4.69) is 41.6 Å². The molecule has 0 aliphatic carbocycles. The Morgan fingerprint density at radius 3 is 1.10 bits per heavy atom. The molecule has 0 fully saturated rings. The maximum atomic E-state index is 9.09. The standard InChI is InChI=1S/2CH3NOS.CH3.Sb/c2*2-1(3)4;;/h2*(H3,2,3,4);1H3;. The molecule has 4 nitrogen and oxygen atoms in total. The molecule has 0 aromatic rings. The predicted octanol–water partition coefficient (Wildman–Crippen LogP) is 0.193. The van der Waals surface area contributed by atoms with Gasteiger partial charge in [0.25, 0.3) is 10.5 Å². The van der Waals surface area contributed by atoms with Crippen molar-refractivity contribution in [1.82, 2.24) is 0 Å². The molecule has 0 saturated carbocycles. The van der Waals surface area contributed by atoms with E-state index in [1.807, 2.05) is 0 Å². The number of hydrogen-bond donors (Lipinski definition) is 4. The fraction of sp³-hybridized carbons (Fsp3) is 0.333. The van der Waals surface area contributed by atoms with Crippen molar-refractivity contribution < 1.29 is 9.59 Å². The number of amides is 2. The summed E-state index contributed by atoms with van der Waals surface area (Å²) in [5.41, 5.74) is 8.67. The normalized spacial score (nSPS) is 5.60. The number of primary amides is 2. The number of carbonyl (C=O) groups is 2. The van der Waals surface area contributed by atoms with Gasteiger partial charge in [-0.3, -0.25) is 9.59 Å². The van der Waals surface area contributed by atoms with Gasteiger partial charge in [0.2, 0.25) is 0 Å². The van der Waals surface area contributed by atoms with Crippen molar-refractivity contribution in [3.8, 4) is 0 Å². The first-order valence-corrected chi connectivity index (χ1v) is 5.33. The summed E-state index contributed by atoms with van der Waals surface area (Å²) < 4.78 is 0. The van der Waals surface area contributed by atoms with Gasteiger partial charge in [0.05, 0.1) is 0 Å². The van der Waals surface area contributed by atoms with Crippen molar-refractivity contribution in [2.75, 3.05) is 0 Å². The van der Waals surface area contributed by atoms with E-state index in [4.69, 9.17) is 9.59 Å². The summed E-state index contributed by atoms with van der Waals surface area (Å²) in [6.07, 6.45) is 0. The zero-order chi connectivity index (χ0) is 9.15. The molecule has 60 valence electrons. The van der Waals surface area contributed by atoms with Crippen LogP contribution in [0.25, 0.3) is 0 Å². The molecule has 0 spiro atoms. The van der Waals surface area contributed by atoms with E-state index in [1.54, 1.807) is 23.0 Å². The summed E-state index contributed by atoms with van der Waals surface area (Å²) in [6, 6.07) is 0. The van der Waals surface area contributed by atoms with Gasteiger partial charge in [0, 0.05) is 0 Å². The van der Waals surface area contributed by atoms with Crippen LogP contribution in [0.2, 0.25) is 4.87 Å². The zero-order valence-corrected chi connectivity index (χ0v) is 9.65. The Balaban J connectivity index is -0.0000000787. The average molecular weight is 291 g/mol. The summed E-state index contributed by atoms with van der Waals surface area (Å²) >= 11 is 7.96. The molecule has 0 aliphatic rings. The molecule has 0 atom stereocenters. The SMILES string of the molecule is NC(=O)S.NC(=O)S.[CH3][Sb]. The van der Waals surface area contributed by atoms with Crippen LogP contribution in [0.4, 0.5) is 9.59 Å². The first-order valence-electron chi connectivity index (χ1n) is 1.88. The van der Waals surface area contributed by atoms with Crippen LogP contribution < -0.4 is 11.5 Å². The number of hydrogen-bond acceptors (Lipinski definition) is 2. The summed E-state index contributed by atoms with van der Waals surface area (Å²) in [4.78, 5) is 20.2. The van der Waals surface area contributed by atoms with Crippen LogP contribution in [-0.2, 0) is 0 Å². The molecule has 0 aliphatic heterocycles. The monoisotopic (exact) mass is 290 g/mol. The molecule has 0 aromatic heterocycles. The molecule has 0 aromatic carbocycles. The van der Waals surface area contributed by atoms with E-state index in [1.165, 1.54) is 0 Å². The molecule has 4 N–H and O–H groups in total. The molecular weight excluding hydrogens is 282 g/mol. The van der Waals surface area contributed by atoms with Crippen molar-refractivity contribution in [2.24, 2.45) is 11.5 Å². The quantitative estimate of drug-likeness (QED) is 0.379. The number of thiol groups is 2. The van der Waals surface area contributed by atoms with Crippen molar-refractivity contribution in [1.29, 1.82) is 0 Å². The van der Waals surface area contributed by atoms with Crippen LogP contribution in [-0.4, -0.2) is 33.5 Å². The molecule has 0 bridgehead atoms. The Hall–Kier alpha value is 0.458. The van der Waals surface area contributed by atoms with Gasteiger partial charge in [0.1, 0.15) is 0 Å². The van der Waals surface area contributed by atoms with E-state index >= 15 is 0 Å². The average Bonchev–Trinajstić information content (AvgIpc) is 1.66. The molecule has 0 rings (SSSR count). The van der Waals surface area contributed by atoms with Crippen LogP contribution in [0.15, 0.2) is 0 Å². The summed E-state index contributed by atoms with van der Waals surface area (Å²) in [5.74, 6) is 0. The maximum absolute atomic E-state index is 9.09. The van der Waals surface area contributed by atoms with Crippen LogP contribution >= 0.6 is 25.3 Å².